The zero-order valence-electron chi connectivity index (χ0n) is 11.5. The fourth-order valence-corrected chi connectivity index (χ4v) is 3.31. The molecule has 0 bridgehead atoms. The smallest absolute Gasteiger partial charge is 0.229 e. The Bertz CT molecular complexity index is 953. The first-order chi connectivity index (χ1) is 10.9. The van der Waals surface area contributed by atoms with Gasteiger partial charge in [-0.15, -0.1) is 5.10 Å². The zero-order chi connectivity index (χ0) is 16.6. The number of halogens is 2. The van der Waals surface area contributed by atoms with Crippen LogP contribution in [0.5, 0.6) is 0 Å². The molecule has 0 amide bonds. The van der Waals surface area contributed by atoms with Crippen molar-refractivity contribution < 1.29 is 12.8 Å². The summed E-state index contributed by atoms with van der Waals surface area (Å²) >= 11 is 5.75. The van der Waals surface area contributed by atoms with Gasteiger partial charge in [-0.2, -0.15) is 4.68 Å². The van der Waals surface area contributed by atoms with Gasteiger partial charge in [-0.25, -0.2) is 12.8 Å². The monoisotopic (exact) mass is 352 g/mol. The van der Waals surface area contributed by atoms with Crippen LogP contribution in [0.2, 0.25) is 5.02 Å². The molecule has 2 aromatic carbocycles. The second-order valence-corrected chi connectivity index (χ2v) is 6.93. The van der Waals surface area contributed by atoms with Crippen molar-refractivity contribution in [3.8, 4) is 5.69 Å². The van der Waals surface area contributed by atoms with Crippen LogP contribution in [-0.4, -0.2) is 23.4 Å². The standard InChI is InChI=1S/C14H10ClFN4O2S/c15-9-1-7-12(8-2-9)23(21,22)14-13(17)20(19-18-14)11-5-3-10(16)4-6-11/h1-8H,17H2. The maximum atomic E-state index is 13.0. The van der Waals surface area contributed by atoms with Crippen LogP contribution in [0.25, 0.3) is 5.69 Å². The Morgan fingerprint density at radius 1 is 1.04 bits per heavy atom. The van der Waals surface area contributed by atoms with E-state index in [0.29, 0.717) is 10.7 Å². The summed E-state index contributed by atoms with van der Waals surface area (Å²) in [7, 11) is -3.93. The zero-order valence-corrected chi connectivity index (χ0v) is 13.1. The Morgan fingerprint density at radius 2 is 1.65 bits per heavy atom. The molecule has 6 nitrogen and oxygen atoms in total. The minimum absolute atomic E-state index is 0.000226. The summed E-state index contributed by atoms with van der Waals surface area (Å²) < 4.78 is 39.2. The molecule has 0 aliphatic rings. The number of aromatic nitrogens is 3. The molecule has 118 valence electrons. The van der Waals surface area contributed by atoms with E-state index in [4.69, 9.17) is 17.3 Å². The molecule has 3 rings (SSSR count). The van der Waals surface area contributed by atoms with E-state index in [1.54, 1.807) is 0 Å². The van der Waals surface area contributed by atoms with Crippen LogP contribution in [0.3, 0.4) is 0 Å². The van der Waals surface area contributed by atoms with E-state index in [0.717, 1.165) is 4.68 Å². The lowest BCUT2D eigenvalue weighted by atomic mass is 10.3. The molecule has 1 aromatic heterocycles. The van der Waals surface area contributed by atoms with Crippen molar-refractivity contribution in [1.29, 1.82) is 0 Å². The fraction of sp³-hybridized carbons (Fsp3) is 0. The topological polar surface area (TPSA) is 90.9 Å². The number of nitrogens with two attached hydrogens (primary N) is 1. The molecule has 2 N–H and O–H groups in total. The van der Waals surface area contributed by atoms with Crippen molar-refractivity contribution in [3.05, 3.63) is 59.4 Å². The van der Waals surface area contributed by atoms with E-state index in [2.05, 4.69) is 10.3 Å². The van der Waals surface area contributed by atoms with Gasteiger partial charge in [0.05, 0.1) is 10.6 Å². The molecule has 0 atom stereocenters. The lowest BCUT2D eigenvalue weighted by Gasteiger charge is -2.04. The average Bonchev–Trinajstić information content (AvgIpc) is 2.91. The molecule has 1 heterocycles. The largest absolute Gasteiger partial charge is 0.381 e. The van der Waals surface area contributed by atoms with E-state index in [1.165, 1.54) is 48.5 Å². The highest BCUT2D eigenvalue weighted by molar-refractivity contribution is 7.91. The van der Waals surface area contributed by atoms with E-state index in [9.17, 15) is 12.8 Å². The quantitative estimate of drug-likeness (QED) is 0.782. The van der Waals surface area contributed by atoms with Gasteiger partial charge in [0.25, 0.3) is 0 Å². The Labute approximate surface area is 136 Å². The third-order valence-electron chi connectivity index (χ3n) is 3.12. The molecule has 0 unspecified atom stereocenters. The van der Waals surface area contributed by atoms with E-state index < -0.39 is 15.7 Å². The third-order valence-corrected chi connectivity index (χ3v) is 5.07. The van der Waals surface area contributed by atoms with Crippen molar-refractivity contribution in [2.75, 3.05) is 5.73 Å². The van der Waals surface area contributed by atoms with Crippen molar-refractivity contribution in [2.24, 2.45) is 0 Å². The second kappa shape index (κ2) is 5.64. The lowest BCUT2D eigenvalue weighted by molar-refractivity contribution is 0.592. The Hall–Kier alpha value is -2.45. The minimum Gasteiger partial charge on any atom is -0.381 e. The first-order valence-electron chi connectivity index (χ1n) is 6.37. The highest BCUT2D eigenvalue weighted by atomic mass is 35.5. The number of hydrogen-bond acceptors (Lipinski definition) is 5. The molecule has 0 fully saturated rings. The van der Waals surface area contributed by atoms with Gasteiger partial charge in [0.1, 0.15) is 5.82 Å². The van der Waals surface area contributed by atoms with Crippen LogP contribution in [0.4, 0.5) is 10.2 Å². The van der Waals surface area contributed by atoms with Gasteiger partial charge in [-0.05, 0) is 48.5 Å². The Morgan fingerprint density at radius 3 is 2.26 bits per heavy atom. The summed E-state index contributed by atoms with van der Waals surface area (Å²) in [5.74, 6) is -0.590. The molecule has 23 heavy (non-hydrogen) atoms. The van der Waals surface area contributed by atoms with Crippen molar-refractivity contribution in [1.82, 2.24) is 15.0 Å². The SMILES string of the molecule is Nc1c(S(=O)(=O)c2ccc(Cl)cc2)nnn1-c1ccc(F)cc1. The summed E-state index contributed by atoms with van der Waals surface area (Å²) in [6.45, 7) is 0. The highest BCUT2D eigenvalue weighted by Gasteiger charge is 2.26. The molecule has 0 saturated carbocycles. The van der Waals surface area contributed by atoms with Gasteiger partial charge in [-0.3, -0.25) is 0 Å². The van der Waals surface area contributed by atoms with Gasteiger partial charge in [-0.1, -0.05) is 16.8 Å². The van der Waals surface area contributed by atoms with Gasteiger partial charge < -0.3 is 5.73 Å². The number of nitrogens with zero attached hydrogens (tertiary/aromatic N) is 3. The summed E-state index contributed by atoms with van der Waals surface area (Å²) in [5, 5.41) is 7.44. The highest BCUT2D eigenvalue weighted by Crippen LogP contribution is 2.26. The maximum Gasteiger partial charge on any atom is 0.229 e. The molecule has 3 aromatic rings. The fourth-order valence-electron chi connectivity index (χ4n) is 1.97. The summed E-state index contributed by atoms with van der Waals surface area (Å²) in [5.41, 5.74) is 6.26. The molecular formula is C14H10ClFN4O2S. The Balaban J connectivity index is 2.08. The second-order valence-electron chi connectivity index (χ2n) is 4.63. The summed E-state index contributed by atoms with van der Waals surface area (Å²) in [4.78, 5) is -0.000226. The molecule has 9 heteroatoms. The third kappa shape index (κ3) is 2.78. The molecular weight excluding hydrogens is 343 g/mol. The number of nitrogen functional groups attached to an aromatic ring is 1. The molecule has 0 radical (unpaired) electrons. The van der Waals surface area contributed by atoms with Crippen molar-refractivity contribution in [2.45, 2.75) is 9.92 Å². The van der Waals surface area contributed by atoms with Crippen LogP contribution >= 0.6 is 11.6 Å². The average molecular weight is 353 g/mol. The first-order valence-corrected chi connectivity index (χ1v) is 8.23. The number of sulfone groups is 1. The van der Waals surface area contributed by atoms with Gasteiger partial charge >= 0.3 is 0 Å². The van der Waals surface area contributed by atoms with Crippen LogP contribution in [-0.2, 0) is 9.84 Å². The van der Waals surface area contributed by atoms with Crippen LogP contribution in [0.1, 0.15) is 0 Å². The number of rotatable bonds is 3. The molecule has 0 aliphatic heterocycles. The van der Waals surface area contributed by atoms with Crippen molar-refractivity contribution in [3.63, 3.8) is 0 Å². The summed E-state index contributed by atoms with van der Waals surface area (Å²) in [6.07, 6.45) is 0. The predicted molar refractivity (Wildman–Crippen MR) is 82.6 cm³/mol. The van der Waals surface area contributed by atoms with Crippen LogP contribution in [0, 0.1) is 5.82 Å². The lowest BCUT2D eigenvalue weighted by Crippen LogP contribution is -2.07. The normalized spacial score (nSPS) is 11.6. The molecule has 0 aliphatic carbocycles. The van der Waals surface area contributed by atoms with Crippen LogP contribution < -0.4 is 5.73 Å². The Kier molecular flexibility index (Phi) is 3.78. The van der Waals surface area contributed by atoms with Gasteiger partial charge in [0.2, 0.25) is 14.9 Å². The number of anilines is 1. The van der Waals surface area contributed by atoms with Gasteiger partial charge in [0, 0.05) is 5.02 Å². The van der Waals surface area contributed by atoms with E-state index in [-0.39, 0.29) is 15.7 Å². The molecule has 0 saturated heterocycles. The maximum absolute atomic E-state index is 13.0. The molecule has 0 spiro atoms. The van der Waals surface area contributed by atoms with Gasteiger partial charge in [0.15, 0.2) is 5.82 Å². The minimum atomic E-state index is -3.93. The van der Waals surface area contributed by atoms with E-state index in [1.807, 2.05) is 0 Å². The van der Waals surface area contributed by atoms with Crippen LogP contribution in [0.15, 0.2) is 58.5 Å². The first kappa shape index (κ1) is 15.4. The predicted octanol–water partition coefficient (Wildman–Crippen LogP) is 2.47. The van der Waals surface area contributed by atoms with E-state index >= 15 is 0 Å². The number of benzene rings is 2. The number of hydrogen-bond donors (Lipinski definition) is 1. The van der Waals surface area contributed by atoms with Crippen molar-refractivity contribution >= 4 is 27.3 Å². The summed E-state index contributed by atoms with van der Waals surface area (Å²) in [6, 6.07) is 10.9.